The van der Waals surface area contributed by atoms with Crippen molar-refractivity contribution in [1.82, 2.24) is 9.71 Å². The molecule has 3 aromatic rings. The van der Waals surface area contributed by atoms with Crippen molar-refractivity contribution in [3.8, 4) is 11.5 Å². The average Bonchev–Trinajstić information content (AvgIpc) is 3.53. The van der Waals surface area contributed by atoms with Crippen molar-refractivity contribution in [2.75, 3.05) is 5.32 Å². The minimum atomic E-state index is -3.65. The summed E-state index contributed by atoms with van der Waals surface area (Å²) in [5, 5.41) is 2.77. The monoisotopic (exact) mass is 487 g/mol. The zero-order valence-electron chi connectivity index (χ0n) is 15.7. The summed E-state index contributed by atoms with van der Waals surface area (Å²) in [7, 11) is -3.65. The number of pyridine rings is 1. The van der Waals surface area contributed by atoms with Crippen molar-refractivity contribution in [3.05, 3.63) is 77.0 Å². The van der Waals surface area contributed by atoms with Gasteiger partial charge in [0.15, 0.2) is 0 Å². The molecule has 4 rings (SSSR count). The lowest BCUT2D eigenvalue weighted by Gasteiger charge is -2.11. The summed E-state index contributed by atoms with van der Waals surface area (Å²) >= 11 is 3.32. The van der Waals surface area contributed by atoms with Gasteiger partial charge in [0.2, 0.25) is 10.0 Å². The van der Waals surface area contributed by atoms with Gasteiger partial charge < -0.3 is 10.1 Å². The van der Waals surface area contributed by atoms with Gasteiger partial charge in [-0.3, -0.25) is 9.78 Å². The quantitative estimate of drug-likeness (QED) is 0.516. The molecule has 2 aromatic carbocycles. The summed E-state index contributed by atoms with van der Waals surface area (Å²) in [4.78, 5) is 16.7. The van der Waals surface area contributed by atoms with E-state index in [2.05, 4.69) is 31.0 Å². The molecule has 30 heavy (non-hydrogen) atoms. The first-order valence-corrected chi connectivity index (χ1v) is 11.5. The Morgan fingerprint density at radius 2 is 1.67 bits per heavy atom. The number of hydrogen-bond donors (Lipinski definition) is 2. The number of carbonyl (C=O) groups is 1. The van der Waals surface area contributed by atoms with Crippen LogP contribution in [-0.2, 0) is 10.0 Å². The molecule has 1 aliphatic carbocycles. The maximum Gasteiger partial charge on any atom is 0.256 e. The lowest BCUT2D eigenvalue weighted by atomic mass is 10.2. The Balaban J connectivity index is 1.47. The van der Waals surface area contributed by atoms with Gasteiger partial charge in [-0.1, -0.05) is 0 Å². The number of rotatable bonds is 7. The number of hydrogen-bond acceptors (Lipinski definition) is 5. The zero-order chi connectivity index (χ0) is 21.1. The van der Waals surface area contributed by atoms with E-state index in [0.29, 0.717) is 21.7 Å². The van der Waals surface area contributed by atoms with Crippen LogP contribution in [0.15, 0.2) is 76.4 Å². The lowest BCUT2D eigenvalue weighted by molar-refractivity contribution is 0.102. The number of halogens is 1. The van der Waals surface area contributed by atoms with E-state index in [1.165, 1.54) is 12.1 Å². The SMILES string of the molecule is O=C(Nc1ccc(Oc2ccncc2)cc1)c1cc(S(=O)(=O)NC2CC2)ccc1Br. The molecule has 1 aromatic heterocycles. The predicted molar refractivity (Wildman–Crippen MR) is 116 cm³/mol. The topological polar surface area (TPSA) is 97.4 Å². The van der Waals surface area contributed by atoms with Crippen LogP contribution in [0.25, 0.3) is 0 Å². The minimum Gasteiger partial charge on any atom is -0.457 e. The third-order valence-corrected chi connectivity index (χ3v) is 6.60. The number of ether oxygens (including phenoxy) is 1. The molecule has 1 saturated carbocycles. The lowest BCUT2D eigenvalue weighted by Crippen LogP contribution is -2.26. The molecule has 9 heteroatoms. The Morgan fingerprint density at radius 3 is 2.33 bits per heavy atom. The fourth-order valence-electron chi connectivity index (χ4n) is 2.68. The highest BCUT2D eigenvalue weighted by molar-refractivity contribution is 9.10. The van der Waals surface area contributed by atoms with E-state index in [0.717, 1.165) is 12.8 Å². The molecule has 7 nitrogen and oxygen atoms in total. The Bertz CT molecular complexity index is 1160. The third kappa shape index (κ3) is 5.05. The molecule has 1 fully saturated rings. The van der Waals surface area contributed by atoms with Gasteiger partial charge in [-0.05, 0) is 83.4 Å². The van der Waals surface area contributed by atoms with E-state index < -0.39 is 15.9 Å². The van der Waals surface area contributed by atoms with Crippen molar-refractivity contribution in [2.24, 2.45) is 0 Å². The van der Waals surface area contributed by atoms with Gasteiger partial charge in [-0.25, -0.2) is 13.1 Å². The summed E-state index contributed by atoms with van der Waals surface area (Å²) in [5.41, 5.74) is 0.782. The van der Waals surface area contributed by atoms with Gasteiger partial charge in [0, 0.05) is 28.6 Å². The van der Waals surface area contributed by atoms with Crippen molar-refractivity contribution in [3.63, 3.8) is 0 Å². The van der Waals surface area contributed by atoms with Crippen molar-refractivity contribution >= 4 is 37.5 Å². The van der Waals surface area contributed by atoms with Crippen LogP contribution in [-0.4, -0.2) is 25.4 Å². The number of benzene rings is 2. The summed E-state index contributed by atoms with van der Waals surface area (Å²) in [6, 6.07) is 14.7. The second-order valence-corrected chi connectivity index (χ2v) is 9.37. The number of sulfonamides is 1. The van der Waals surface area contributed by atoms with E-state index in [1.807, 2.05) is 0 Å². The van der Waals surface area contributed by atoms with Gasteiger partial charge in [0.1, 0.15) is 11.5 Å². The van der Waals surface area contributed by atoms with Crippen LogP contribution in [0.3, 0.4) is 0 Å². The second kappa shape index (κ2) is 8.55. The van der Waals surface area contributed by atoms with Crippen LogP contribution in [0.1, 0.15) is 23.2 Å². The van der Waals surface area contributed by atoms with Gasteiger partial charge in [0.25, 0.3) is 5.91 Å². The highest BCUT2D eigenvalue weighted by Crippen LogP contribution is 2.26. The fourth-order valence-corrected chi connectivity index (χ4v) is 4.44. The van der Waals surface area contributed by atoms with Crippen LogP contribution in [0.2, 0.25) is 0 Å². The van der Waals surface area contributed by atoms with Crippen molar-refractivity contribution in [1.29, 1.82) is 0 Å². The third-order valence-electron chi connectivity index (χ3n) is 4.39. The highest BCUT2D eigenvalue weighted by atomic mass is 79.9. The molecule has 1 amide bonds. The fraction of sp³-hybridized carbons (Fsp3) is 0.143. The van der Waals surface area contributed by atoms with E-state index in [9.17, 15) is 13.2 Å². The van der Waals surface area contributed by atoms with E-state index in [4.69, 9.17) is 4.74 Å². The van der Waals surface area contributed by atoms with Crippen molar-refractivity contribution in [2.45, 2.75) is 23.8 Å². The molecule has 2 N–H and O–H groups in total. The molecule has 0 atom stereocenters. The first-order chi connectivity index (χ1) is 14.4. The summed E-state index contributed by atoms with van der Waals surface area (Å²) in [6.07, 6.45) is 4.94. The number of carbonyl (C=O) groups excluding carboxylic acids is 1. The maximum absolute atomic E-state index is 12.7. The summed E-state index contributed by atoms with van der Waals surface area (Å²) in [6.45, 7) is 0. The van der Waals surface area contributed by atoms with Crippen molar-refractivity contribution < 1.29 is 17.9 Å². The largest absolute Gasteiger partial charge is 0.457 e. The standard InChI is InChI=1S/C21H18BrN3O4S/c22-20-8-7-18(30(27,28)25-15-1-2-15)13-19(20)21(26)24-14-3-5-16(6-4-14)29-17-9-11-23-12-10-17/h3-13,15,25H,1-2H2,(H,24,26). The Kier molecular flexibility index (Phi) is 5.85. The number of nitrogens with zero attached hydrogens (tertiary/aromatic N) is 1. The first kappa shape index (κ1) is 20.5. The number of anilines is 1. The van der Waals surface area contributed by atoms with Crippen LogP contribution < -0.4 is 14.8 Å². The molecule has 1 heterocycles. The molecule has 0 spiro atoms. The Labute approximate surface area is 182 Å². The molecule has 1 aliphatic rings. The molecule has 0 aliphatic heterocycles. The van der Waals surface area contributed by atoms with Gasteiger partial charge in [-0.2, -0.15) is 0 Å². The maximum atomic E-state index is 12.7. The van der Waals surface area contributed by atoms with Crippen LogP contribution in [0, 0.1) is 0 Å². The second-order valence-electron chi connectivity index (χ2n) is 6.80. The number of aromatic nitrogens is 1. The molecule has 0 saturated heterocycles. The van der Waals surface area contributed by atoms with E-state index in [-0.39, 0.29) is 16.5 Å². The summed E-state index contributed by atoms with van der Waals surface area (Å²) < 4.78 is 33.7. The average molecular weight is 488 g/mol. The number of nitrogens with one attached hydrogen (secondary N) is 2. The van der Waals surface area contributed by atoms with Crippen LogP contribution >= 0.6 is 15.9 Å². The zero-order valence-corrected chi connectivity index (χ0v) is 18.1. The van der Waals surface area contributed by atoms with Gasteiger partial charge in [-0.15, -0.1) is 0 Å². The normalized spacial score (nSPS) is 13.6. The van der Waals surface area contributed by atoms with E-state index >= 15 is 0 Å². The first-order valence-electron chi connectivity index (χ1n) is 9.22. The van der Waals surface area contributed by atoms with Gasteiger partial charge in [0.05, 0.1) is 10.5 Å². The highest BCUT2D eigenvalue weighted by Gasteiger charge is 2.28. The van der Waals surface area contributed by atoms with Gasteiger partial charge >= 0.3 is 0 Å². The van der Waals surface area contributed by atoms with E-state index in [1.54, 1.807) is 54.9 Å². The van der Waals surface area contributed by atoms with Crippen LogP contribution in [0.5, 0.6) is 11.5 Å². The number of amides is 1. The minimum absolute atomic E-state index is 0.0104. The molecule has 0 radical (unpaired) electrons. The molecule has 154 valence electrons. The predicted octanol–water partition coefficient (Wildman–Crippen LogP) is 4.33. The molecule has 0 bridgehead atoms. The Hall–Kier alpha value is -2.75. The Morgan fingerprint density at radius 1 is 1.00 bits per heavy atom. The smallest absolute Gasteiger partial charge is 0.256 e. The summed E-state index contributed by atoms with van der Waals surface area (Å²) in [5.74, 6) is 0.844. The van der Waals surface area contributed by atoms with Crippen LogP contribution in [0.4, 0.5) is 5.69 Å². The molecular formula is C21H18BrN3O4S. The molecular weight excluding hydrogens is 470 g/mol. The molecule has 0 unspecified atom stereocenters.